The monoisotopic (exact) mass is 279 g/mol. The summed E-state index contributed by atoms with van der Waals surface area (Å²) in [4.78, 5) is 14.3. The summed E-state index contributed by atoms with van der Waals surface area (Å²) in [6.07, 6.45) is 0. The van der Waals surface area contributed by atoms with Crippen LogP contribution in [0.5, 0.6) is 0 Å². The van der Waals surface area contributed by atoms with Crippen LogP contribution in [-0.2, 0) is 11.8 Å². The SMILES string of the molecule is CNC(=O)C1CNCCN1C(C)c1c(C)nn(C)c1C. The van der Waals surface area contributed by atoms with Gasteiger partial charge in [-0.15, -0.1) is 0 Å². The lowest BCUT2D eigenvalue weighted by Crippen LogP contribution is -2.57. The fraction of sp³-hybridized carbons (Fsp3) is 0.714. The van der Waals surface area contributed by atoms with E-state index in [1.54, 1.807) is 7.05 Å². The van der Waals surface area contributed by atoms with Gasteiger partial charge < -0.3 is 10.6 Å². The summed E-state index contributed by atoms with van der Waals surface area (Å²) in [5, 5.41) is 10.6. The maximum absolute atomic E-state index is 12.1. The molecule has 20 heavy (non-hydrogen) atoms. The minimum Gasteiger partial charge on any atom is -0.358 e. The number of nitrogens with zero attached hydrogens (tertiary/aromatic N) is 3. The molecule has 2 atom stereocenters. The van der Waals surface area contributed by atoms with Crippen molar-refractivity contribution in [3.05, 3.63) is 17.0 Å². The van der Waals surface area contributed by atoms with E-state index in [4.69, 9.17) is 0 Å². The quantitative estimate of drug-likeness (QED) is 0.825. The van der Waals surface area contributed by atoms with Crippen LogP contribution >= 0.6 is 0 Å². The maximum Gasteiger partial charge on any atom is 0.238 e. The molecule has 1 aliphatic heterocycles. The van der Waals surface area contributed by atoms with Gasteiger partial charge in [-0.05, 0) is 20.8 Å². The molecule has 1 aromatic rings. The molecule has 0 aromatic carbocycles. The molecular formula is C14H25N5O. The normalized spacial score (nSPS) is 21.8. The Hall–Kier alpha value is -1.40. The fourth-order valence-corrected chi connectivity index (χ4v) is 3.15. The van der Waals surface area contributed by atoms with Crippen LogP contribution in [-0.4, -0.2) is 53.3 Å². The molecule has 112 valence electrons. The molecule has 0 radical (unpaired) electrons. The number of carbonyl (C=O) groups is 1. The van der Waals surface area contributed by atoms with Crippen molar-refractivity contribution in [1.29, 1.82) is 0 Å². The van der Waals surface area contributed by atoms with Crippen molar-refractivity contribution in [2.75, 3.05) is 26.7 Å². The van der Waals surface area contributed by atoms with Crippen LogP contribution in [0.25, 0.3) is 0 Å². The lowest BCUT2D eigenvalue weighted by atomic mass is 10.0. The number of hydrogen-bond donors (Lipinski definition) is 2. The number of aromatic nitrogens is 2. The van der Waals surface area contributed by atoms with Gasteiger partial charge in [-0.2, -0.15) is 5.10 Å². The van der Waals surface area contributed by atoms with E-state index in [0.29, 0.717) is 6.54 Å². The largest absolute Gasteiger partial charge is 0.358 e. The third-order valence-corrected chi connectivity index (χ3v) is 4.31. The number of hydrogen-bond acceptors (Lipinski definition) is 4. The van der Waals surface area contributed by atoms with E-state index in [-0.39, 0.29) is 18.0 Å². The van der Waals surface area contributed by atoms with E-state index in [1.165, 1.54) is 11.3 Å². The van der Waals surface area contributed by atoms with E-state index in [0.717, 1.165) is 18.8 Å². The zero-order chi connectivity index (χ0) is 14.9. The van der Waals surface area contributed by atoms with Crippen LogP contribution in [0.1, 0.15) is 29.9 Å². The Morgan fingerprint density at radius 1 is 1.50 bits per heavy atom. The lowest BCUT2D eigenvalue weighted by molar-refractivity contribution is -0.127. The number of aryl methyl sites for hydroxylation is 2. The van der Waals surface area contributed by atoms with Crippen molar-refractivity contribution >= 4 is 5.91 Å². The number of carbonyl (C=O) groups excluding carboxylic acids is 1. The number of rotatable bonds is 3. The van der Waals surface area contributed by atoms with Gasteiger partial charge >= 0.3 is 0 Å². The summed E-state index contributed by atoms with van der Waals surface area (Å²) in [7, 11) is 3.66. The molecule has 0 bridgehead atoms. The van der Waals surface area contributed by atoms with Crippen molar-refractivity contribution in [2.45, 2.75) is 32.9 Å². The zero-order valence-electron chi connectivity index (χ0n) is 13.0. The molecule has 2 heterocycles. The molecule has 6 nitrogen and oxygen atoms in total. The Bertz CT molecular complexity index is 496. The number of piperazine rings is 1. The van der Waals surface area contributed by atoms with E-state index < -0.39 is 0 Å². The molecule has 0 saturated carbocycles. The number of likely N-dealkylation sites (N-methyl/N-ethyl adjacent to an activating group) is 1. The van der Waals surface area contributed by atoms with Gasteiger partial charge in [0.05, 0.1) is 5.69 Å². The molecule has 2 N–H and O–H groups in total. The Balaban J connectivity index is 2.29. The van der Waals surface area contributed by atoms with E-state index >= 15 is 0 Å². The third kappa shape index (κ3) is 2.58. The molecule has 2 unspecified atom stereocenters. The smallest absolute Gasteiger partial charge is 0.238 e. The minimum absolute atomic E-state index is 0.0725. The van der Waals surface area contributed by atoms with Crippen LogP contribution in [0.2, 0.25) is 0 Å². The van der Waals surface area contributed by atoms with Gasteiger partial charge in [-0.3, -0.25) is 14.4 Å². The van der Waals surface area contributed by atoms with Gasteiger partial charge in [-0.1, -0.05) is 0 Å². The summed E-state index contributed by atoms with van der Waals surface area (Å²) < 4.78 is 1.91. The molecule has 1 aromatic heterocycles. The summed E-state index contributed by atoms with van der Waals surface area (Å²) in [6, 6.07) is 0.0656. The summed E-state index contributed by atoms with van der Waals surface area (Å²) >= 11 is 0. The Kier molecular flexibility index (Phi) is 4.45. The van der Waals surface area contributed by atoms with Gasteiger partial charge in [0, 0.05) is 51.0 Å². The Morgan fingerprint density at radius 3 is 2.75 bits per heavy atom. The average molecular weight is 279 g/mol. The van der Waals surface area contributed by atoms with Crippen LogP contribution < -0.4 is 10.6 Å². The summed E-state index contributed by atoms with van der Waals surface area (Å²) in [5.41, 5.74) is 3.46. The topological polar surface area (TPSA) is 62.2 Å². The first-order valence-corrected chi connectivity index (χ1v) is 7.15. The van der Waals surface area contributed by atoms with Crippen molar-refractivity contribution in [3.63, 3.8) is 0 Å². The second-order valence-corrected chi connectivity index (χ2v) is 5.46. The van der Waals surface area contributed by atoms with E-state index in [1.807, 2.05) is 18.7 Å². The molecule has 0 aliphatic carbocycles. The standard InChI is InChI=1S/C14H25N5O/c1-9-13(10(2)18(5)17-9)11(3)19-7-6-16-8-12(19)14(20)15-4/h11-12,16H,6-8H2,1-5H3,(H,15,20). The predicted octanol–water partition coefficient (Wildman–Crippen LogP) is 0.118. The predicted molar refractivity (Wildman–Crippen MR) is 78.5 cm³/mol. The van der Waals surface area contributed by atoms with Gasteiger partial charge in [0.15, 0.2) is 0 Å². The molecular weight excluding hydrogens is 254 g/mol. The van der Waals surface area contributed by atoms with Crippen molar-refractivity contribution in [1.82, 2.24) is 25.3 Å². The maximum atomic E-state index is 12.1. The number of amides is 1. The first kappa shape index (κ1) is 15.0. The lowest BCUT2D eigenvalue weighted by Gasteiger charge is -2.39. The fourth-order valence-electron chi connectivity index (χ4n) is 3.15. The molecule has 1 saturated heterocycles. The van der Waals surface area contributed by atoms with Crippen LogP contribution in [0.4, 0.5) is 0 Å². The van der Waals surface area contributed by atoms with Crippen molar-refractivity contribution < 1.29 is 4.79 Å². The summed E-state index contributed by atoms with van der Waals surface area (Å²) in [6.45, 7) is 8.77. The second kappa shape index (κ2) is 5.93. The molecule has 0 spiro atoms. The molecule has 1 amide bonds. The highest BCUT2D eigenvalue weighted by molar-refractivity contribution is 5.81. The highest BCUT2D eigenvalue weighted by Crippen LogP contribution is 2.28. The van der Waals surface area contributed by atoms with Gasteiger partial charge in [0.2, 0.25) is 5.91 Å². The molecule has 6 heteroatoms. The van der Waals surface area contributed by atoms with Crippen LogP contribution in [0.3, 0.4) is 0 Å². The van der Waals surface area contributed by atoms with E-state index in [2.05, 4.69) is 34.5 Å². The zero-order valence-corrected chi connectivity index (χ0v) is 13.0. The Labute approximate surface area is 120 Å². The van der Waals surface area contributed by atoms with Gasteiger partial charge in [0.25, 0.3) is 0 Å². The molecule has 2 rings (SSSR count). The minimum atomic E-state index is -0.122. The first-order chi connectivity index (χ1) is 9.47. The molecule has 1 fully saturated rings. The van der Waals surface area contributed by atoms with Crippen LogP contribution in [0.15, 0.2) is 0 Å². The Morgan fingerprint density at radius 2 is 2.20 bits per heavy atom. The highest BCUT2D eigenvalue weighted by atomic mass is 16.2. The molecule has 1 aliphatic rings. The van der Waals surface area contributed by atoms with Crippen LogP contribution in [0, 0.1) is 13.8 Å². The van der Waals surface area contributed by atoms with Crippen molar-refractivity contribution in [2.24, 2.45) is 7.05 Å². The third-order valence-electron chi connectivity index (χ3n) is 4.31. The van der Waals surface area contributed by atoms with Gasteiger partial charge in [0.1, 0.15) is 6.04 Å². The second-order valence-electron chi connectivity index (χ2n) is 5.46. The number of nitrogens with one attached hydrogen (secondary N) is 2. The van der Waals surface area contributed by atoms with Crippen molar-refractivity contribution in [3.8, 4) is 0 Å². The highest BCUT2D eigenvalue weighted by Gasteiger charge is 2.33. The average Bonchev–Trinajstić information content (AvgIpc) is 2.70. The van der Waals surface area contributed by atoms with E-state index in [9.17, 15) is 4.79 Å². The first-order valence-electron chi connectivity index (χ1n) is 7.15. The van der Waals surface area contributed by atoms with Gasteiger partial charge in [-0.25, -0.2) is 0 Å². The summed E-state index contributed by atoms with van der Waals surface area (Å²) in [5.74, 6) is 0.0725.